The van der Waals surface area contributed by atoms with Crippen LogP contribution in [0.4, 0.5) is 11.5 Å². The third-order valence-electron chi connectivity index (χ3n) is 3.58. The Balaban J connectivity index is 1.81. The van der Waals surface area contributed by atoms with Crippen molar-refractivity contribution in [3.8, 4) is 0 Å². The second kappa shape index (κ2) is 5.13. The number of rotatable bonds is 3. The number of para-hydroxylation sites is 2. The Morgan fingerprint density at radius 3 is 2.65 bits per heavy atom. The van der Waals surface area contributed by atoms with Crippen LogP contribution < -0.4 is 5.32 Å². The summed E-state index contributed by atoms with van der Waals surface area (Å²) in [5.41, 5.74) is 3.64. The van der Waals surface area contributed by atoms with Gasteiger partial charge in [0.15, 0.2) is 11.6 Å². The summed E-state index contributed by atoms with van der Waals surface area (Å²) in [4.78, 5) is 15.9. The number of fused-ring (bicyclic) bond motifs is 3. The molecule has 2 heterocycles. The SMILES string of the molecule is CC(=O)c1ccc(Nc2nc3ccccc3n3nnnc23)cc1. The van der Waals surface area contributed by atoms with Crippen molar-refractivity contribution in [1.29, 1.82) is 0 Å². The zero-order valence-electron chi connectivity index (χ0n) is 12.3. The molecule has 0 unspecified atom stereocenters. The van der Waals surface area contributed by atoms with E-state index in [1.807, 2.05) is 36.4 Å². The number of nitrogens with zero attached hydrogens (tertiary/aromatic N) is 5. The van der Waals surface area contributed by atoms with Crippen LogP contribution in [-0.4, -0.2) is 30.8 Å². The van der Waals surface area contributed by atoms with Gasteiger partial charge in [0.25, 0.3) is 0 Å². The summed E-state index contributed by atoms with van der Waals surface area (Å²) in [5.74, 6) is 0.591. The lowest BCUT2D eigenvalue weighted by atomic mass is 10.1. The van der Waals surface area contributed by atoms with Crippen LogP contribution in [0, 0.1) is 0 Å². The highest BCUT2D eigenvalue weighted by molar-refractivity contribution is 5.94. The van der Waals surface area contributed by atoms with Crippen LogP contribution in [0.25, 0.3) is 16.7 Å². The van der Waals surface area contributed by atoms with Crippen molar-refractivity contribution in [3.05, 3.63) is 54.1 Å². The van der Waals surface area contributed by atoms with Crippen molar-refractivity contribution in [2.45, 2.75) is 6.92 Å². The predicted molar refractivity (Wildman–Crippen MR) is 85.8 cm³/mol. The quantitative estimate of drug-likeness (QED) is 0.586. The van der Waals surface area contributed by atoms with E-state index >= 15 is 0 Å². The maximum atomic E-state index is 11.3. The molecule has 0 saturated carbocycles. The number of anilines is 2. The Bertz CT molecular complexity index is 1020. The maximum absolute atomic E-state index is 11.3. The molecule has 0 aliphatic heterocycles. The lowest BCUT2D eigenvalue weighted by Crippen LogP contribution is -2.01. The molecule has 0 saturated heterocycles. The summed E-state index contributed by atoms with van der Waals surface area (Å²) >= 11 is 0. The van der Waals surface area contributed by atoms with E-state index in [2.05, 4.69) is 25.8 Å². The number of Topliss-reactive ketones (excluding diaryl/α,β-unsaturated/α-hetero) is 1. The van der Waals surface area contributed by atoms with Crippen molar-refractivity contribution in [3.63, 3.8) is 0 Å². The molecule has 0 bridgehead atoms. The highest BCUT2D eigenvalue weighted by atomic mass is 16.1. The van der Waals surface area contributed by atoms with Crippen molar-refractivity contribution >= 4 is 34.0 Å². The molecular formula is C16H12N6O. The molecule has 0 amide bonds. The number of aromatic nitrogens is 5. The zero-order valence-corrected chi connectivity index (χ0v) is 12.3. The Kier molecular flexibility index (Phi) is 2.97. The molecule has 7 heteroatoms. The minimum atomic E-state index is 0.0319. The minimum absolute atomic E-state index is 0.0319. The first-order valence-electron chi connectivity index (χ1n) is 7.07. The normalized spacial score (nSPS) is 11.0. The molecule has 0 radical (unpaired) electrons. The second-order valence-corrected chi connectivity index (χ2v) is 5.12. The lowest BCUT2D eigenvalue weighted by Gasteiger charge is -2.08. The van der Waals surface area contributed by atoms with E-state index in [9.17, 15) is 4.79 Å². The Morgan fingerprint density at radius 2 is 1.87 bits per heavy atom. The zero-order chi connectivity index (χ0) is 15.8. The van der Waals surface area contributed by atoms with Gasteiger partial charge < -0.3 is 5.32 Å². The summed E-state index contributed by atoms with van der Waals surface area (Å²) in [7, 11) is 0. The molecule has 4 aromatic rings. The lowest BCUT2D eigenvalue weighted by molar-refractivity contribution is 0.101. The first-order chi connectivity index (χ1) is 11.2. The molecule has 0 aliphatic rings. The van der Waals surface area contributed by atoms with Gasteiger partial charge in [0.2, 0.25) is 5.65 Å². The van der Waals surface area contributed by atoms with E-state index in [0.29, 0.717) is 17.0 Å². The fourth-order valence-corrected chi connectivity index (χ4v) is 2.41. The molecular weight excluding hydrogens is 292 g/mol. The molecule has 2 aromatic heterocycles. The van der Waals surface area contributed by atoms with Gasteiger partial charge in [0.05, 0.1) is 11.0 Å². The van der Waals surface area contributed by atoms with E-state index < -0.39 is 0 Å². The van der Waals surface area contributed by atoms with Gasteiger partial charge in [0.1, 0.15) is 0 Å². The van der Waals surface area contributed by atoms with Crippen molar-refractivity contribution in [2.75, 3.05) is 5.32 Å². The smallest absolute Gasteiger partial charge is 0.222 e. The average molecular weight is 304 g/mol. The number of carbonyl (C=O) groups excluding carboxylic acids is 1. The standard InChI is InChI=1S/C16H12N6O/c1-10(23)11-6-8-12(9-7-11)17-15-16-19-20-21-22(16)14-5-3-2-4-13(14)18-15/h2-9H,1H3,(H,17,18). The minimum Gasteiger partial charge on any atom is -0.337 e. The molecule has 2 aromatic carbocycles. The van der Waals surface area contributed by atoms with E-state index in [1.54, 1.807) is 23.6 Å². The van der Waals surface area contributed by atoms with Crippen LogP contribution in [0.3, 0.4) is 0 Å². The Hall–Kier alpha value is -3.35. The van der Waals surface area contributed by atoms with E-state index in [0.717, 1.165) is 16.7 Å². The van der Waals surface area contributed by atoms with Crippen LogP contribution in [0.15, 0.2) is 48.5 Å². The van der Waals surface area contributed by atoms with Gasteiger partial charge in [-0.05, 0) is 53.7 Å². The number of benzene rings is 2. The van der Waals surface area contributed by atoms with E-state index in [1.165, 1.54) is 0 Å². The van der Waals surface area contributed by atoms with Crippen molar-refractivity contribution in [1.82, 2.24) is 25.0 Å². The van der Waals surface area contributed by atoms with Gasteiger partial charge in [-0.1, -0.05) is 12.1 Å². The van der Waals surface area contributed by atoms with Crippen molar-refractivity contribution < 1.29 is 4.79 Å². The van der Waals surface area contributed by atoms with Gasteiger partial charge in [-0.25, -0.2) is 4.98 Å². The maximum Gasteiger partial charge on any atom is 0.222 e. The third-order valence-corrected chi connectivity index (χ3v) is 3.58. The van der Waals surface area contributed by atoms with Crippen molar-refractivity contribution in [2.24, 2.45) is 0 Å². The van der Waals surface area contributed by atoms with Gasteiger partial charge >= 0.3 is 0 Å². The molecule has 0 fully saturated rings. The van der Waals surface area contributed by atoms with Crippen LogP contribution in [0.1, 0.15) is 17.3 Å². The molecule has 4 rings (SSSR count). The number of hydrogen-bond acceptors (Lipinski definition) is 6. The van der Waals surface area contributed by atoms with Gasteiger partial charge in [-0.15, -0.1) is 5.10 Å². The summed E-state index contributed by atoms with van der Waals surface area (Å²) in [6.07, 6.45) is 0. The number of nitrogens with one attached hydrogen (secondary N) is 1. The van der Waals surface area contributed by atoms with Crippen LogP contribution in [0.5, 0.6) is 0 Å². The number of ketones is 1. The first kappa shape index (κ1) is 13.3. The second-order valence-electron chi connectivity index (χ2n) is 5.12. The summed E-state index contributed by atoms with van der Waals surface area (Å²) in [6, 6.07) is 14.8. The Labute approximate surface area is 131 Å². The van der Waals surface area contributed by atoms with E-state index in [4.69, 9.17) is 0 Å². The predicted octanol–water partition coefficient (Wildman–Crippen LogP) is 2.62. The number of hydrogen-bond donors (Lipinski definition) is 1. The fraction of sp³-hybridized carbons (Fsp3) is 0.0625. The van der Waals surface area contributed by atoms with Gasteiger partial charge in [0, 0.05) is 11.3 Å². The molecule has 0 atom stereocenters. The number of tetrazole rings is 1. The number of carbonyl (C=O) groups is 1. The molecule has 1 N–H and O–H groups in total. The summed E-state index contributed by atoms with van der Waals surface area (Å²) in [5, 5.41) is 15.0. The van der Waals surface area contributed by atoms with Gasteiger partial charge in [-0.3, -0.25) is 4.79 Å². The third kappa shape index (κ3) is 2.28. The monoisotopic (exact) mass is 304 g/mol. The summed E-state index contributed by atoms with van der Waals surface area (Å²) in [6.45, 7) is 1.54. The topological polar surface area (TPSA) is 85.1 Å². The Morgan fingerprint density at radius 1 is 1.09 bits per heavy atom. The molecule has 0 aliphatic carbocycles. The molecule has 23 heavy (non-hydrogen) atoms. The molecule has 0 spiro atoms. The first-order valence-corrected chi connectivity index (χ1v) is 7.07. The largest absolute Gasteiger partial charge is 0.337 e. The molecule has 112 valence electrons. The van der Waals surface area contributed by atoms with Crippen LogP contribution >= 0.6 is 0 Å². The fourth-order valence-electron chi connectivity index (χ4n) is 2.41. The summed E-state index contributed by atoms with van der Waals surface area (Å²) < 4.78 is 1.65. The average Bonchev–Trinajstić information content (AvgIpc) is 3.06. The molecule has 7 nitrogen and oxygen atoms in total. The van der Waals surface area contributed by atoms with Crippen LogP contribution in [-0.2, 0) is 0 Å². The van der Waals surface area contributed by atoms with E-state index in [-0.39, 0.29) is 5.78 Å². The van der Waals surface area contributed by atoms with Crippen LogP contribution in [0.2, 0.25) is 0 Å². The highest BCUT2D eigenvalue weighted by Gasteiger charge is 2.11. The highest BCUT2D eigenvalue weighted by Crippen LogP contribution is 2.22. The van der Waals surface area contributed by atoms with Gasteiger partial charge in [-0.2, -0.15) is 4.52 Å².